The molecule has 148 valence electrons. The molecule has 0 spiro atoms. The summed E-state index contributed by atoms with van der Waals surface area (Å²) >= 11 is 0. The van der Waals surface area contributed by atoms with E-state index in [1.54, 1.807) is 36.7 Å². The minimum Gasteiger partial charge on any atom is -1.00 e. The highest BCUT2D eigenvalue weighted by atomic mass is 35.5. The van der Waals surface area contributed by atoms with Crippen molar-refractivity contribution in [1.82, 2.24) is 0 Å². The summed E-state index contributed by atoms with van der Waals surface area (Å²) in [5, 5.41) is 11.2. The number of halogens is 1. The van der Waals surface area contributed by atoms with Crippen molar-refractivity contribution in [2.75, 3.05) is 6.79 Å². The van der Waals surface area contributed by atoms with E-state index in [2.05, 4.69) is 0 Å². The van der Waals surface area contributed by atoms with Gasteiger partial charge >= 0.3 is 0 Å². The van der Waals surface area contributed by atoms with Crippen LogP contribution in [0.3, 0.4) is 0 Å². The number of fused-ring (bicyclic) bond motifs is 1. The molecule has 2 heterocycles. The molecule has 8 heteroatoms. The molecule has 4 rings (SSSR count). The topological polar surface area (TPSA) is 82.6 Å². The number of rotatable bonds is 5. The Morgan fingerprint density at radius 2 is 1.76 bits per heavy atom. The third kappa shape index (κ3) is 4.42. The molecular weight excluding hydrogens is 396 g/mol. The smallest absolute Gasteiger partial charge is 0.270 e. The van der Waals surface area contributed by atoms with Crippen LogP contribution < -0.4 is 21.7 Å². The predicted octanol–water partition coefficient (Wildman–Crippen LogP) is 0.0321. The highest BCUT2D eigenvalue weighted by molar-refractivity contribution is 6.08. The van der Waals surface area contributed by atoms with E-state index >= 15 is 0 Å². The van der Waals surface area contributed by atoms with Gasteiger partial charge in [-0.1, -0.05) is 30.3 Å². The Hall–Kier alpha value is -3.29. The van der Waals surface area contributed by atoms with E-state index in [0.29, 0.717) is 34.5 Å². The van der Waals surface area contributed by atoms with Gasteiger partial charge in [0.15, 0.2) is 31.5 Å². The molecule has 0 saturated carbocycles. The highest BCUT2D eigenvalue weighted by Crippen LogP contribution is 2.32. The zero-order valence-corrected chi connectivity index (χ0v) is 16.0. The minimum atomic E-state index is -0.426. The number of nitrogens with zero attached hydrogens (tertiary/aromatic N) is 2. The number of carbonyl (C=O) groups excluding carboxylic acids is 1. The average molecular weight is 413 g/mol. The summed E-state index contributed by atoms with van der Waals surface area (Å²) in [6.07, 6.45) is 3.56. The van der Waals surface area contributed by atoms with Crippen LogP contribution in [-0.4, -0.2) is 17.5 Å². The first-order valence-electron chi connectivity index (χ1n) is 8.71. The van der Waals surface area contributed by atoms with Gasteiger partial charge in [0.05, 0.1) is 17.1 Å². The van der Waals surface area contributed by atoms with Crippen LogP contribution in [0.1, 0.15) is 27.0 Å². The molecule has 2 aromatic carbocycles. The Morgan fingerprint density at radius 1 is 1.07 bits per heavy atom. The summed E-state index contributed by atoms with van der Waals surface area (Å²) in [5.74, 6) is 0.565. The van der Waals surface area contributed by atoms with Crippen molar-refractivity contribution in [2.45, 2.75) is 13.2 Å². The molecule has 29 heavy (non-hydrogen) atoms. The molecule has 1 aromatic heterocycles. The Morgan fingerprint density at radius 3 is 2.45 bits per heavy atom. The number of carbonyl (C=O) groups is 1. The molecule has 0 fully saturated rings. The zero-order chi connectivity index (χ0) is 19.5. The number of benzene rings is 2. The molecule has 0 saturated heterocycles. The van der Waals surface area contributed by atoms with Gasteiger partial charge in [-0.25, -0.2) is 4.57 Å². The Kier molecular flexibility index (Phi) is 6.21. The monoisotopic (exact) mass is 412 g/mol. The van der Waals surface area contributed by atoms with Crippen LogP contribution in [0.15, 0.2) is 67.0 Å². The van der Waals surface area contributed by atoms with Crippen molar-refractivity contribution < 1.29 is 36.2 Å². The Balaban J connectivity index is 0.00000240. The van der Waals surface area contributed by atoms with Crippen molar-refractivity contribution in [1.29, 1.82) is 0 Å². The summed E-state index contributed by atoms with van der Waals surface area (Å²) in [7, 11) is 0. The van der Waals surface area contributed by atoms with Crippen LogP contribution in [-0.2, 0) is 17.9 Å². The number of nitro benzene ring substituents is 1. The van der Waals surface area contributed by atoms with Crippen LogP contribution in [0, 0.1) is 10.1 Å². The van der Waals surface area contributed by atoms with Gasteiger partial charge in [0, 0.05) is 41.0 Å². The van der Waals surface area contributed by atoms with Crippen LogP contribution in [0.5, 0.6) is 5.75 Å². The summed E-state index contributed by atoms with van der Waals surface area (Å²) < 4.78 is 12.6. The number of ether oxygens (including phenoxy) is 2. The fraction of sp³-hybridized carbons (Fsp3) is 0.143. The number of nitro groups is 1. The van der Waals surface area contributed by atoms with Gasteiger partial charge in [0.2, 0.25) is 0 Å². The first kappa shape index (κ1) is 20.4. The molecule has 0 atom stereocenters. The molecule has 7 nitrogen and oxygen atoms in total. The third-order valence-electron chi connectivity index (χ3n) is 4.52. The maximum atomic E-state index is 12.5. The number of ketones is 1. The highest BCUT2D eigenvalue weighted by Gasteiger charge is 2.23. The van der Waals surface area contributed by atoms with Gasteiger partial charge < -0.3 is 21.9 Å². The van der Waals surface area contributed by atoms with Gasteiger partial charge in [-0.15, -0.1) is 0 Å². The fourth-order valence-electron chi connectivity index (χ4n) is 3.17. The van der Waals surface area contributed by atoms with E-state index in [-0.39, 0.29) is 37.3 Å². The lowest BCUT2D eigenvalue weighted by atomic mass is 10.0. The van der Waals surface area contributed by atoms with E-state index in [9.17, 15) is 14.9 Å². The third-order valence-corrected chi connectivity index (χ3v) is 4.52. The predicted molar refractivity (Wildman–Crippen MR) is 99.0 cm³/mol. The SMILES string of the molecule is O=C(c1ccccc1)c1cc[n+](Cc2cc([N+](=O)[O-])cc3c2OCOC3)cc1.[Cl-]. The normalized spacial score (nSPS) is 12.3. The first-order chi connectivity index (χ1) is 13.6. The Labute approximate surface area is 173 Å². The maximum absolute atomic E-state index is 12.5. The van der Waals surface area contributed by atoms with Crippen LogP contribution in [0.4, 0.5) is 5.69 Å². The second kappa shape index (κ2) is 8.81. The molecule has 1 aliphatic heterocycles. The lowest BCUT2D eigenvalue weighted by Crippen LogP contribution is -3.00. The molecule has 0 N–H and O–H groups in total. The Bertz CT molecular complexity index is 1040. The van der Waals surface area contributed by atoms with Crippen LogP contribution in [0.2, 0.25) is 0 Å². The number of hydrogen-bond donors (Lipinski definition) is 0. The quantitative estimate of drug-likeness (QED) is 0.255. The second-order valence-corrected chi connectivity index (χ2v) is 6.42. The van der Waals surface area contributed by atoms with Gasteiger partial charge in [0.25, 0.3) is 5.69 Å². The van der Waals surface area contributed by atoms with Crippen LogP contribution >= 0.6 is 0 Å². The van der Waals surface area contributed by atoms with Gasteiger partial charge in [-0.2, -0.15) is 0 Å². The lowest BCUT2D eigenvalue weighted by molar-refractivity contribution is -0.688. The summed E-state index contributed by atoms with van der Waals surface area (Å²) in [5.41, 5.74) is 2.56. The lowest BCUT2D eigenvalue weighted by Gasteiger charge is -2.19. The van der Waals surface area contributed by atoms with Crippen molar-refractivity contribution in [3.8, 4) is 5.75 Å². The molecule has 0 aliphatic carbocycles. The average Bonchev–Trinajstić information content (AvgIpc) is 2.74. The zero-order valence-electron chi connectivity index (χ0n) is 15.3. The summed E-state index contributed by atoms with van der Waals surface area (Å²) in [6.45, 7) is 0.774. The standard InChI is InChI=1S/C21H17N2O5.ClH/c24-20(15-4-2-1-3-5-15)16-6-8-22(9-7-16)12-17-10-19(23(25)26)11-18-13-27-14-28-21(17)18;/h1-11H,12-14H2;1H/q+1;/p-1. The molecular formula is C21H17ClN2O5. The van der Waals surface area contributed by atoms with Gasteiger partial charge in [0.1, 0.15) is 5.75 Å². The van der Waals surface area contributed by atoms with Crippen molar-refractivity contribution in [2.24, 2.45) is 0 Å². The summed E-state index contributed by atoms with van der Waals surface area (Å²) in [6, 6.07) is 15.5. The van der Waals surface area contributed by atoms with E-state index in [0.717, 1.165) is 0 Å². The molecule has 0 bridgehead atoms. The first-order valence-corrected chi connectivity index (χ1v) is 8.71. The number of pyridine rings is 1. The second-order valence-electron chi connectivity index (χ2n) is 6.42. The van der Waals surface area contributed by atoms with Crippen molar-refractivity contribution in [3.05, 3.63) is 99.4 Å². The number of hydrogen-bond acceptors (Lipinski definition) is 5. The molecule has 1 aliphatic rings. The van der Waals surface area contributed by atoms with Gasteiger partial charge in [-0.3, -0.25) is 14.9 Å². The maximum Gasteiger partial charge on any atom is 0.270 e. The van der Waals surface area contributed by atoms with Crippen LogP contribution in [0.25, 0.3) is 0 Å². The van der Waals surface area contributed by atoms with E-state index < -0.39 is 4.92 Å². The van der Waals surface area contributed by atoms with E-state index in [4.69, 9.17) is 9.47 Å². The minimum absolute atomic E-state index is 0. The molecule has 0 radical (unpaired) electrons. The largest absolute Gasteiger partial charge is 1.00 e. The van der Waals surface area contributed by atoms with Crippen molar-refractivity contribution >= 4 is 11.5 Å². The number of non-ortho nitro benzene ring substituents is 1. The van der Waals surface area contributed by atoms with Crippen molar-refractivity contribution in [3.63, 3.8) is 0 Å². The molecule has 0 unspecified atom stereocenters. The van der Waals surface area contributed by atoms with E-state index in [1.807, 2.05) is 22.8 Å². The molecule has 0 amide bonds. The summed E-state index contributed by atoms with van der Waals surface area (Å²) in [4.78, 5) is 23.3. The molecule has 3 aromatic rings. The van der Waals surface area contributed by atoms with E-state index in [1.165, 1.54) is 12.1 Å². The number of aromatic nitrogens is 1. The fourth-order valence-corrected chi connectivity index (χ4v) is 3.17. The van der Waals surface area contributed by atoms with Gasteiger partial charge in [-0.05, 0) is 0 Å².